The van der Waals surface area contributed by atoms with Crippen molar-refractivity contribution in [2.24, 2.45) is 4.99 Å². The summed E-state index contributed by atoms with van der Waals surface area (Å²) in [4.78, 5) is 6.50. The third-order valence-corrected chi connectivity index (χ3v) is 2.71. The molecule has 1 unspecified atom stereocenters. The second-order valence-corrected chi connectivity index (χ2v) is 4.46. The van der Waals surface area contributed by atoms with Crippen molar-refractivity contribution < 1.29 is 0 Å². The molecule has 0 aliphatic heterocycles. The summed E-state index contributed by atoms with van der Waals surface area (Å²) in [6.45, 7) is 12.4. The highest BCUT2D eigenvalue weighted by atomic mass is 15.2. The van der Waals surface area contributed by atoms with E-state index in [-0.39, 0.29) is 0 Å². The fraction of sp³-hybridized carbons (Fsp3) is 0.769. The van der Waals surface area contributed by atoms with Gasteiger partial charge in [0, 0.05) is 39.6 Å². The topological polar surface area (TPSA) is 27.6 Å². The molecule has 0 aromatic carbocycles. The number of nitrogens with zero attached hydrogens (tertiary/aromatic N) is 2. The molecule has 1 atom stereocenters. The van der Waals surface area contributed by atoms with E-state index < -0.39 is 0 Å². The van der Waals surface area contributed by atoms with Crippen molar-refractivity contribution in [1.29, 1.82) is 0 Å². The maximum atomic E-state index is 4.30. The smallest absolute Gasteiger partial charge is 0.102 e. The van der Waals surface area contributed by atoms with Crippen molar-refractivity contribution >= 4 is 5.84 Å². The maximum Gasteiger partial charge on any atom is 0.102 e. The molecule has 0 aromatic heterocycles. The molecule has 0 aliphatic rings. The van der Waals surface area contributed by atoms with Gasteiger partial charge in [0.1, 0.15) is 5.84 Å². The molecule has 3 nitrogen and oxygen atoms in total. The summed E-state index contributed by atoms with van der Waals surface area (Å²) in [7, 11) is 3.93. The lowest BCUT2D eigenvalue weighted by Crippen LogP contribution is -2.36. The Morgan fingerprint density at radius 1 is 1.50 bits per heavy atom. The summed E-state index contributed by atoms with van der Waals surface area (Å²) in [5, 5.41) is 3.48. The Kier molecular flexibility index (Phi) is 7.90. The van der Waals surface area contributed by atoms with Crippen LogP contribution in [0.5, 0.6) is 0 Å². The molecule has 0 bridgehead atoms. The van der Waals surface area contributed by atoms with Gasteiger partial charge in [-0.25, -0.2) is 0 Å². The predicted octanol–water partition coefficient (Wildman–Crippen LogP) is 2.30. The van der Waals surface area contributed by atoms with Crippen molar-refractivity contribution in [3.8, 4) is 0 Å². The summed E-state index contributed by atoms with van der Waals surface area (Å²) in [6, 6.07) is 0.594. The van der Waals surface area contributed by atoms with E-state index in [1.807, 2.05) is 14.0 Å². The van der Waals surface area contributed by atoms with Gasteiger partial charge in [-0.2, -0.15) is 0 Å². The zero-order chi connectivity index (χ0) is 12.6. The minimum absolute atomic E-state index is 0.594. The average Bonchev–Trinajstić information content (AvgIpc) is 2.24. The van der Waals surface area contributed by atoms with Crippen LogP contribution in [-0.4, -0.2) is 44.0 Å². The Labute approximate surface area is 101 Å². The van der Waals surface area contributed by atoms with Gasteiger partial charge in [0.25, 0.3) is 0 Å². The highest BCUT2D eigenvalue weighted by Gasteiger charge is 2.06. The van der Waals surface area contributed by atoms with Crippen molar-refractivity contribution in [2.75, 3.05) is 27.2 Å². The predicted molar refractivity (Wildman–Crippen MR) is 73.2 cm³/mol. The number of nitrogens with one attached hydrogen (secondary N) is 1. The highest BCUT2D eigenvalue weighted by Crippen LogP contribution is 2.01. The molecule has 0 aromatic rings. The Balaban J connectivity index is 3.94. The molecular weight excluding hydrogens is 198 g/mol. The Morgan fingerprint density at radius 2 is 2.12 bits per heavy atom. The van der Waals surface area contributed by atoms with E-state index in [4.69, 9.17) is 0 Å². The highest BCUT2D eigenvalue weighted by molar-refractivity contribution is 5.83. The first-order chi connectivity index (χ1) is 7.51. The Morgan fingerprint density at radius 3 is 2.56 bits per heavy atom. The molecule has 0 rings (SSSR count). The molecule has 0 aliphatic carbocycles. The number of rotatable bonds is 7. The Hall–Kier alpha value is -0.830. The zero-order valence-electron chi connectivity index (χ0n) is 11.5. The van der Waals surface area contributed by atoms with E-state index in [0.29, 0.717) is 6.04 Å². The van der Waals surface area contributed by atoms with Gasteiger partial charge in [-0.3, -0.25) is 4.99 Å². The fourth-order valence-electron chi connectivity index (χ4n) is 1.41. The summed E-state index contributed by atoms with van der Waals surface area (Å²) in [5.41, 5.74) is 1.15. The molecule has 16 heavy (non-hydrogen) atoms. The summed E-state index contributed by atoms with van der Waals surface area (Å²) in [6.07, 6.45) is 2.04. The molecular formula is C13H27N3. The lowest BCUT2D eigenvalue weighted by molar-refractivity contribution is 0.444. The van der Waals surface area contributed by atoms with Gasteiger partial charge in [-0.05, 0) is 20.3 Å². The maximum absolute atomic E-state index is 4.30. The normalized spacial score (nSPS) is 13.7. The van der Waals surface area contributed by atoms with Crippen molar-refractivity contribution in [3.63, 3.8) is 0 Å². The SMILES string of the molecule is C=C(C)CC(=NC)N(C)CCNC(C)CC. The van der Waals surface area contributed by atoms with E-state index in [1.165, 1.54) is 6.42 Å². The number of hydrogen-bond acceptors (Lipinski definition) is 2. The number of hydrogen-bond donors (Lipinski definition) is 1. The van der Waals surface area contributed by atoms with Crippen LogP contribution in [0.25, 0.3) is 0 Å². The van der Waals surface area contributed by atoms with Gasteiger partial charge in [0.2, 0.25) is 0 Å². The van der Waals surface area contributed by atoms with Crippen LogP contribution in [0.1, 0.15) is 33.6 Å². The van der Waals surface area contributed by atoms with Gasteiger partial charge < -0.3 is 10.2 Å². The fourth-order valence-corrected chi connectivity index (χ4v) is 1.41. The summed E-state index contributed by atoms with van der Waals surface area (Å²) >= 11 is 0. The van der Waals surface area contributed by atoms with Crippen LogP contribution in [0.2, 0.25) is 0 Å². The van der Waals surface area contributed by atoms with Crippen LogP contribution in [0.4, 0.5) is 0 Å². The van der Waals surface area contributed by atoms with Gasteiger partial charge in [-0.15, -0.1) is 0 Å². The van der Waals surface area contributed by atoms with E-state index in [1.54, 1.807) is 0 Å². The molecule has 0 amide bonds. The molecule has 0 saturated carbocycles. The van der Waals surface area contributed by atoms with E-state index in [2.05, 4.69) is 42.7 Å². The molecule has 3 heteroatoms. The zero-order valence-corrected chi connectivity index (χ0v) is 11.5. The summed E-state index contributed by atoms with van der Waals surface area (Å²) in [5.74, 6) is 1.11. The van der Waals surface area contributed by atoms with Gasteiger partial charge in [0.15, 0.2) is 0 Å². The molecule has 0 fully saturated rings. The lowest BCUT2D eigenvalue weighted by atomic mass is 10.2. The lowest BCUT2D eigenvalue weighted by Gasteiger charge is -2.22. The summed E-state index contributed by atoms with van der Waals surface area (Å²) < 4.78 is 0. The molecule has 0 spiro atoms. The van der Waals surface area contributed by atoms with Crippen LogP contribution in [-0.2, 0) is 0 Å². The van der Waals surface area contributed by atoms with Crippen LogP contribution in [0.15, 0.2) is 17.1 Å². The second-order valence-electron chi connectivity index (χ2n) is 4.46. The third-order valence-electron chi connectivity index (χ3n) is 2.71. The van der Waals surface area contributed by atoms with E-state index in [0.717, 1.165) is 30.9 Å². The third kappa shape index (κ3) is 6.62. The largest absolute Gasteiger partial charge is 0.362 e. The Bertz CT molecular complexity index is 233. The molecule has 94 valence electrons. The van der Waals surface area contributed by atoms with Gasteiger partial charge in [0.05, 0.1) is 0 Å². The number of amidine groups is 1. The molecule has 0 radical (unpaired) electrons. The molecule has 1 N–H and O–H groups in total. The minimum Gasteiger partial charge on any atom is -0.362 e. The van der Waals surface area contributed by atoms with E-state index >= 15 is 0 Å². The van der Waals surface area contributed by atoms with Gasteiger partial charge >= 0.3 is 0 Å². The van der Waals surface area contributed by atoms with Crippen molar-refractivity contribution in [1.82, 2.24) is 10.2 Å². The average molecular weight is 225 g/mol. The number of aliphatic imine (C=N–C) groups is 1. The van der Waals surface area contributed by atoms with Crippen molar-refractivity contribution in [2.45, 2.75) is 39.7 Å². The van der Waals surface area contributed by atoms with Crippen molar-refractivity contribution in [3.05, 3.63) is 12.2 Å². The minimum atomic E-state index is 0.594. The number of likely N-dealkylation sites (N-methyl/N-ethyl adjacent to an activating group) is 1. The first-order valence-electron chi connectivity index (χ1n) is 6.05. The molecule has 0 saturated heterocycles. The van der Waals surface area contributed by atoms with Crippen LogP contribution in [0, 0.1) is 0 Å². The first-order valence-corrected chi connectivity index (χ1v) is 6.05. The van der Waals surface area contributed by atoms with Crippen LogP contribution in [0.3, 0.4) is 0 Å². The standard InChI is InChI=1S/C13H27N3/c1-7-12(4)15-8-9-16(6)13(14-5)10-11(2)3/h12,15H,2,7-10H2,1,3-6H3. The monoisotopic (exact) mass is 225 g/mol. The van der Waals surface area contributed by atoms with E-state index in [9.17, 15) is 0 Å². The second kappa shape index (κ2) is 8.34. The van der Waals surface area contributed by atoms with Gasteiger partial charge in [-0.1, -0.05) is 19.1 Å². The quantitative estimate of drug-likeness (QED) is 0.409. The molecule has 0 heterocycles. The van der Waals surface area contributed by atoms with Crippen LogP contribution >= 0.6 is 0 Å². The first kappa shape index (κ1) is 15.2. The van der Waals surface area contributed by atoms with Crippen LogP contribution < -0.4 is 5.32 Å².